The van der Waals surface area contributed by atoms with Crippen LogP contribution in [0.3, 0.4) is 0 Å². The Morgan fingerprint density at radius 1 is 1.45 bits per heavy atom. The van der Waals surface area contributed by atoms with Crippen molar-refractivity contribution in [1.29, 1.82) is 0 Å². The van der Waals surface area contributed by atoms with E-state index in [2.05, 4.69) is 21.2 Å². The third-order valence-electron chi connectivity index (χ3n) is 3.50. The first-order chi connectivity index (χ1) is 9.38. The van der Waals surface area contributed by atoms with Crippen molar-refractivity contribution >= 4 is 39.1 Å². The third-order valence-corrected chi connectivity index (χ3v) is 5.11. The van der Waals surface area contributed by atoms with E-state index in [1.54, 1.807) is 11.3 Å². The van der Waals surface area contributed by atoms with Crippen LogP contribution in [0.15, 0.2) is 15.9 Å². The van der Waals surface area contributed by atoms with E-state index in [-0.39, 0.29) is 23.8 Å². The molecule has 1 aromatic heterocycles. The van der Waals surface area contributed by atoms with Crippen molar-refractivity contribution in [2.24, 2.45) is 5.92 Å². The van der Waals surface area contributed by atoms with Gasteiger partial charge >= 0.3 is 0 Å². The lowest BCUT2D eigenvalue weighted by Gasteiger charge is -2.29. The summed E-state index contributed by atoms with van der Waals surface area (Å²) in [6.45, 7) is 6.41. The van der Waals surface area contributed by atoms with Gasteiger partial charge in [0.15, 0.2) is 0 Å². The van der Waals surface area contributed by atoms with Crippen molar-refractivity contribution < 1.29 is 9.59 Å². The molecule has 1 aromatic rings. The predicted molar refractivity (Wildman–Crippen MR) is 83.4 cm³/mol. The second-order valence-electron chi connectivity index (χ2n) is 5.51. The van der Waals surface area contributed by atoms with Crippen LogP contribution in [-0.4, -0.2) is 28.8 Å². The highest BCUT2D eigenvalue weighted by molar-refractivity contribution is 9.11. The van der Waals surface area contributed by atoms with Crippen LogP contribution in [0.1, 0.15) is 32.1 Å². The van der Waals surface area contributed by atoms with Gasteiger partial charge in [-0.2, -0.15) is 0 Å². The van der Waals surface area contributed by atoms with Crippen LogP contribution in [0.25, 0.3) is 0 Å². The van der Waals surface area contributed by atoms with Crippen LogP contribution in [-0.2, 0) is 16.1 Å². The number of hydrogen-bond acceptors (Lipinski definition) is 3. The molecule has 0 radical (unpaired) electrons. The molecular formula is C14H19BrN2O2S. The van der Waals surface area contributed by atoms with Crippen LogP contribution < -0.4 is 5.32 Å². The molecule has 4 nitrogen and oxygen atoms in total. The van der Waals surface area contributed by atoms with Gasteiger partial charge in [0.2, 0.25) is 11.8 Å². The summed E-state index contributed by atoms with van der Waals surface area (Å²) >= 11 is 5.06. The molecule has 20 heavy (non-hydrogen) atoms. The van der Waals surface area contributed by atoms with Crippen LogP contribution in [0.5, 0.6) is 0 Å². The van der Waals surface area contributed by atoms with E-state index < -0.39 is 6.04 Å². The minimum absolute atomic E-state index is 0.0165. The van der Waals surface area contributed by atoms with Crippen molar-refractivity contribution in [2.45, 2.75) is 45.8 Å². The molecule has 0 bridgehead atoms. The zero-order valence-electron chi connectivity index (χ0n) is 11.9. The molecule has 0 spiro atoms. The molecule has 2 rings (SSSR count). The van der Waals surface area contributed by atoms with Gasteiger partial charge in [-0.15, -0.1) is 11.3 Å². The summed E-state index contributed by atoms with van der Waals surface area (Å²) in [5.74, 6) is 0.0663. The Kier molecular flexibility index (Phi) is 4.86. The monoisotopic (exact) mass is 358 g/mol. The molecule has 2 atom stereocenters. The predicted octanol–water partition coefficient (Wildman–Crippen LogP) is 2.77. The summed E-state index contributed by atoms with van der Waals surface area (Å²) in [5.41, 5.74) is 0. The number of rotatable bonds is 3. The summed E-state index contributed by atoms with van der Waals surface area (Å²) < 4.78 is 1.05. The summed E-state index contributed by atoms with van der Waals surface area (Å²) in [7, 11) is 0. The molecular weight excluding hydrogens is 340 g/mol. The second kappa shape index (κ2) is 6.26. The van der Waals surface area contributed by atoms with Crippen LogP contribution in [0, 0.1) is 5.92 Å². The average Bonchev–Trinajstić information content (AvgIpc) is 2.73. The Labute approximate surface area is 131 Å². The lowest BCUT2D eigenvalue weighted by Crippen LogP contribution is -2.48. The maximum atomic E-state index is 12.7. The molecule has 1 N–H and O–H groups in total. The fourth-order valence-corrected chi connectivity index (χ4v) is 3.84. The molecule has 0 saturated carbocycles. The first-order valence-electron chi connectivity index (χ1n) is 6.72. The highest BCUT2D eigenvalue weighted by Crippen LogP contribution is 2.25. The summed E-state index contributed by atoms with van der Waals surface area (Å²) in [5, 5.41) is 2.84. The molecule has 2 unspecified atom stereocenters. The Balaban J connectivity index is 2.23. The smallest absolute Gasteiger partial charge is 0.245 e. The maximum Gasteiger partial charge on any atom is 0.245 e. The van der Waals surface area contributed by atoms with E-state index in [1.807, 2.05) is 37.8 Å². The minimum Gasteiger partial charge on any atom is -0.344 e. The van der Waals surface area contributed by atoms with E-state index in [0.29, 0.717) is 13.0 Å². The Bertz CT molecular complexity index is 515. The zero-order chi connectivity index (χ0) is 14.9. The molecule has 0 aromatic carbocycles. The highest BCUT2D eigenvalue weighted by Gasteiger charge is 2.35. The molecule has 0 aliphatic carbocycles. The average molecular weight is 359 g/mol. The van der Waals surface area contributed by atoms with Gasteiger partial charge < -0.3 is 10.2 Å². The van der Waals surface area contributed by atoms with Crippen LogP contribution >= 0.6 is 27.3 Å². The number of carbonyl (C=O) groups is 2. The second-order valence-corrected chi connectivity index (χ2v) is 8.06. The van der Waals surface area contributed by atoms with Gasteiger partial charge in [0.25, 0.3) is 0 Å². The van der Waals surface area contributed by atoms with Gasteiger partial charge in [-0.3, -0.25) is 9.59 Å². The standard InChI is InChI=1S/C14H19BrN2O2S/c1-8(2)13-14(19)17(9(3)6-12(18)16-13)7-10-4-5-11(15)20-10/h4-5,8-9,13H,6-7H2,1-3H3,(H,16,18). The lowest BCUT2D eigenvalue weighted by molar-refractivity contribution is -0.136. The molecule has 1 fully saturated rings. The van der Waals surface area contributed by atoms with Crippen molar-refractivity contribution in [3.8, 4) is 0 Å². The minimum atomic E-state index is -0.421. The molecule has 110 valence electrons. The Hall–Kier alpha value is -0.880. The van der Waals surface area contributed by atoms with Crippen molar-refractivity contribution in [3.63, 3.8) is 0 Å². The van der Waals surface area contributed by atoms with Crippen LogP contribution in [0.4, 0.5) is 0 Å². The number of nitrogens with one attached hydrogen (secondary N) is 1. The molecule has 2 heterocycles. The number of carbonyl (C=O) groups excluding carboxylic acids is 2. The Morgan fingerprint density at radius 2 is 2.15 bits per heavy atom. The zero-order valence-corrected chi connectivity index (χ0v) is 14.3. The van der Waals surface area contributed by atoms with Crippen LogP contribution in [0.2, 0.25) is 0 Å². The van der Waals surface area contributed by atoms with E-state index in [0.717, 1.165) is 8.66 Å². The van der Waals surface area contributed by atoms with Gasteiger partial charge in [0, 0.05) is 17.3 Å². The van der Waals surface area contributed by atoms with Crippen molar-refractivity contribution in [1.82, 2.24) is 10.2 Å². The van der Waals surface area contributed by atoms with Crippen molar-refractivity contribution in [3.05, 3.63) is 20.8 Å². The molecule has 1 aliphatic heterocycles. The number of nitrogens with zero attached hydrogens (tertiary/aromatic N) is 1. The van der Waals surface area contributed by atoms with Gasteiger partial charge in [0.1, 0.15) is 6.04 Å². The van der Waals surface area contributed by atoms with Gasteiger partial charge in [0.05, 0.1) is 10.3 Å². The van der Waals surface area contributed by atoms with Gasteiger partial charge in [-0.05, 0) is 40.9 Å². The van der Waals surface area contributed by atoms with E-state index in [1.165, 1.54) is 0 Å². The fourth-order valence-electron chi connectivity index (χ4n) is 2.36. The molecule has 1 saturated heterocycles. The quantitative estimate of drug-likeness (QED) is 0.902. The summed E-state index contributed by atoms with van der Waals surface area (Å²) in [4.78, 5) is 27.5. The molecule has 6 heteroatoms. The number of halogens is 1. The topological polar surface area (TPSA) is 49.4 Å². The summed E-state index contributed by atoms with van der Waals surface area (Å²) in [6.07, 6.45) is 0.363. The normalized spacial score (nSPS) is 23.9. The van der Waals surface area contributed by atoms with Gasteiger partial charge in [-0.1, -0.05) is 13.8 Å². The highest BCUT2D eigenvalue weighted by atomic mass is 79.9. The van der Waals surface area contributed by atoms with E-state index >= 15 is 0 Å². The SMILES string of the molecule is CC(C)C1NC(=O)CC(C)N(Cc2ccc(Br)s2)C1=O. The fraction of sp³-hybridized carbons (Fsp3) is 0.571. The molecule has 2 amide bonds. The molecule has 1 aliphatic rings. The Morgan fingerprint density at radius 3 is 2.70 bits per heavy atom. The first kappa shape index (κ1) is 15.5. The van der Waals surface area contributed by atoms with E-state index in [4.69, 9.17) is 0 Å². The number of hydrogen-bond donors (Lipinski definition) is 1. The third kappa shape index (κ3) is 3.41. The van der Waals surface area contributed by atoms with E-state index in [9.17, 15) is 9.59 Å². The summed E-state index contributed by atoms with van der Waals surface area (Å²) in [6, 6.07) is 3.50. The number of amides is 2. The maximum absolute atomic E-state index is 12.7. The number of thiophene rings is 1. The lowest BCUT2D eigenvalue weighted by atomic mass is 10.0. The largest absolute Gasteiger partial charge is 0.344 e. The van der Waals surface area contributed by atoms with Crippen molar-refractivity contribution in [2.75, 3.05) is 0 Å². The first-order valence-corrected chi connectivity index (χ1v) is 8.33. The van der Waals surface area contributed by atoms with Gasteiger partial charge in [-0.25, -0.2) is 0 Å².